The molecule has 1 heterocycles. The summed E-state index contributed by atoms with van der Waals surface area (Å²) in [4.78, 5) is 28.5. The van der Waals surface area contributed by atoms with Crippen LogP contribution < -0.4 is 0 Å². The van der Waals surface area contributed by atoms with Crippen molar-refractivity contribution >= 4 is 13.7 Å². The van der Waals surface area contributed by atoms with Gasteiger partial charge in [-0.05, 0) is 0 Å². The van der Waals surface area contributed by atoms with E-state index in [2.05, 4.69) is 0 Å². The van der Waals surface area contributed by atoms with Crippen molar-refractivity contribution in [2.75, 3.05) is 13.2 Å². The molecule has 0 spiro atoms. The van der Waals surface area contributed by atoms with E-state index in [1.165, 1.54) is 0 Å². The van der Waals surface area contributed by atoms with Crippen LogP contribution in [0.2, 0.25) is 0 Å². The van der Waals surface area contributed by atoms with E-state index in [-0.39, 0.29) is 4.67 Å². The highest BCUT2D eigenvalue weighted by Crippen LogP contribution is 2.44. The van der Waals surface area contributed by atoms with Crippen molar-refractivity contribution < 1.29 is 44.3 Å². The van der Waals surface area contributed by atoms with Gasteiger partial charge in [0.25, 0.3) is 0 Å². The molecule has 0 radical (unpaired) electrons. The molecule has 106 valence electrons. The van der Waals surface area contributed by atoms with E-state index in [0.29, 0.717) is 0 Å². The van der Waals surface area contributed by atoms with Crippen LogP contribution in [0.3, 0.4) is 0 Å². The summed E-state index contributed by atoms with van der Waals surface area (Å²) >= 11 is 0. The highest BCUT2D eigenvalue weighted by Gasteiger charge is 2.49. The lowest BCUT2D eigenvalue weighted by molar-refractivity contribution is -0.142. The third-order valence-electron chi connectivity index (χ3n) is 2.44. The molecule has 1 saturated heterocycles. The van der Waals surface area contributed by atoms with E-state index in [0.717, 1.165) is 0 Å². The van der Waals surface area contributed by atoms with Crippen LogP contribution in [0.4, 0.5) is 0 Å². The zero-order chi connectivity index (χ0) is 14.1. The molecule has 0 aromatic rings. The maximum Gasteiger partial charge on any atom is 0.405 e. The van der Waals surface area contributed by atoms with Gasteiger partial charge in [-0.1, -0.05) is 0 Å². The number of nitrogens with zero attached hydrogens (tertiary/aromatic N) is 1. The second kappa shape index (κ2) is 5.59. The van der Waals surface area contributed by atoms with E-state index in [1.807, 2.05) is 0 Å². The van der Waals surface area contributed by atoms with E-state index in [9.17, 15) is 19.6 Å². The molecule has 0 aromatic carbocycles. The Labute approximate surface area is 101 Å². The van der Waals surface area contributed by atoms with Crippen LogP contribution in [0, 0.1) is 0 Å². The first-order valence-electron chi connectivity index (χ1n) is 4.85. The molecule has 0 saturated carbocycles. The molecule has 1 aliphatic heterocycles. The molecule has 18 heavy (non-hydrogen) atoms. The number of rotatable bonds is 5. The van der Waals surface area contributed by atoms with Crippen molar-refractivity contribution in [1.82, 2.24) is 4.67 Å². The van der Waals surface area contributed by atoms with Crippen LogP contribution in [-0.2, 0) is 14.1 Å². The second-order valence-corrected chi connectivity index (χ2v) is 5.27. The fourth-order valence-electron chi connectivity index (χ4n) is 1.60. The normalized spacial score (nSPS) is 33.0. The summed E-state index contributed by atoms with van der Waals surface area (Å²) in [5.74, 6) is -1.55. The number of carbonyl (C=O) groups is 1. The van der Waals surface area contributed by atoms with Crippen LogP contribution in [0.1, 0.15) is 0 Å². The lowest BCUT2D eigenvalue weighted by Gasteiger charge is -2.28. The number of aliphatic hydroxyl groups is 3. The maximum atomic E-state index is 11.1. The summed E-state index contributed by atoms with van der Waals surface area (Å²) in [7, 11) is -5.01. The van der Waals surface area contributed by atoms with Gasteiger partial charge in [0.2, 0.25) is 0 Å². The van der Waals surface area contributed by atoms with Crippen molar-refractivity contribution in [2.45, 2.75) is 24.5 Å². The van der Waals surface area contributed by atoms with E-state index >= 15 is 0 Å². The van der Waals surface area contributed by atoms with Crippen LogP contribution in [0.5, 0.6) is 0 Å². The van der Waals surface area contributed by atoms with Gasteiger partial charge < -0.3 is 34.9 Å². The van der Waals surface area contributed by atoms with Gasteiger partial charge >= 0.3 is 13.7 Å². The van der Waals surface area contributed by atoms with Gasteiger partial charge in [0.15, 0.2) is 0 Å². The van der Waals surface area contributed by atoms with Crippen LogP contribution >= 0.6 is 7.75 Å². The lowest BCUT2D eigenvalue weighted by Crippen LogP contribution is -2.44. The Morgan fingerprint density at radius 1 is 1.28 bits per heavy atom. The molecule has 11 heteroatoms. The van der Waals surface area contributed by atoms with Crippen LogP contribution in [-0.4, -0.2) is 78.5 Å². The average molecular weight is 287 g/mol. The molecule has 1 unspecified atom stereocenters. The zero-order valence-corrected chi connectivity index (χ0v) is 9.92. The molecule has 1 aliphatic rings. The van der Waals surface area contributed by atoms with E-state index < -0.39 is 51.4 Å². The fraction of sp³-hybridized carbons (Fsp3) is 0.857. The Kier molecular flexibility index (Phi) is 4.81. The fourth-order valence-corrected chi connectivity index (χ4v) is 2.39. The Morgan fingerprint density at radius 3 is 2.17 bits per heavy atom. The lowest BCUT2D eigenvalue weighted by atomic mass is 10.1. The molecule has 0 bridgehead atoms. The highest BCUT2D eigenvalue weighted by molar-refractivity contribution is 7.49. The topological polar surface area (TPSA) is 168 Å². The Hall–Kier alpha value is -0.580. The Morgan fingerprint density at radius 2 is 1.83 bits per heavy atom. The SMILES string of the molecule is O=C(O)CN(C1O[C@H](CO)[C@@H](O)[C@H]1O)P(=O)(O)O. The van der Waals surface area contributed by atoms with Gasteiger partial charge in [-0.2, -0.15) is 4.67 Å². The third kappa shape index (κ3) is 3.25. The first-order chi connectivity index (χ1) is 8.18. The predicted molar refractivity (Wildman–Crippen MR) is 54.1 cm³/mol. The maximum absolute atomic E-state index is 11.1. The van der Waals surface area contributed by atoms with E-state index in [1.54, 1.807) is 0 Å². The van der Waals surface area contributed by atoms with Crippen LogP contribution in [0.25, 0.3) is 0 Å². The standard InChI is InChI=1S/C7H14NO9P/c9-2-3-5(12)6(13)7(17-3)8(1-4(10)11)18(14,15)16/h3,5-7,9,12-13H,1-2H2,(H,10,11)(H2,14,15,16)/t3-,5-,6-,7?/m1/s1. The molecule has 4 atom stereocenters. The average Bonchev–Trinajstić information content (AvgIpc) is 2.51. The summed E-state index contributed by atoms with van der Waals surface area (Å²) in [6.07, 6.45) is -6.26. The second-order valence-electron chi connectivity index (χ2n) is 3.73. The van der Waals surface area contributed by atoms with Crippen molar-refractivity contribution in [3.8, 4) is 0 Å². The number of carboxylic acids is 1. The third-order valence-corrected chi connectivity index (χ3v) is 3.48. The van der Waals surface area contributed by atoms with Gasteiger partial charge in [0, 0.05) is 0 Å². The molecule has 1 fully saturated rings. The molecule has 0 amide bonds. The number of hydrogen-bond acceptors (Lipinski definition) is 6. The van der Waals surface area contributed by atoms with E-state index in [4.69, 9.17) is 24.7 Å². The predicted octanol–water partition coefficient (Wildman–Crippen LogP) is -3.10. The molecule has 0 aromatic heterocycles. The quantitative estimate of drug-likeness (QED) is 0.285. The summed E-state index contributed by atoms with van der Waals surface area (Å²) in [5, 5.41) is 36.3. The van der Waals surface area contributed by atoms with Gasteiger partial charge in [-0.25, -0.2) is 4.57 Å². The summed E-state index contributed by atoms with van der Waals surface area (Å²) < 4.78 is 16.1. The molecule has 1 rings (SSSR count). The van der Waals surface area contributed by atoms with Crippen LogP contribution in [0.15, 0.2) is 0 Å². The molecule has 6 N–H and O–H groups in total. The summed E-state index contributed by atoms with van der Waals surface area (Å²) in [6.45, 7) is -1.77. The largest absolute Gasteiger partial charge is 0.480 e. The molecule has 10 nitrogen and oxygen atoms in total. The number of carboxylic acid groups (broad SMARTS) is 1. The first-order valence-corrected chi connectivity index (χ1v) is 6.42. The minimum absolute atomic E-state index is 0.110. The number of aliphatic carboxylic acids is 1. The van der Waals surface area contributed by atoms with Crippen molar-refractivity contribution in [1.29, 1.82) is 0 Å². The summed E-state index contributed by atoms with van der Waals surface area (Å²) in [6, 6.07) is 0. The first kappa shape index (κ1) is 15.5. The number of aliphatic hydroxyl groups excluding tert-OH is 3. The zero-order valence-electron chi connectivity index (χ0n) is 9.03. The smallest absolute Gasteiger partial charge is 0.405 e. The van der Waals surface area contributed by atoms with Crippen molar-refractivity contribution in [3.63, 3.8) is 0 Å². The molecular formula is C7H14NO9P. The minimum atomic E-state index is -5.01. The Balaban J connectivity index is 2.94. The van der Waals surface area contributed by atoms with Gasteiger partial charge in [0.05, 0.1) is 6.61 Å². The highest BCUT2D eigenvalue weighted by atomic mass is 31.2. The van der Waals surface area contributed by atoms with Crippen molar-refractivity contribution in [2.24, 2.45) is 0 Å². The molecule has 0 aliphatic carbocycles. The number of ether oxygens (including phenoxy) is 1. The van der Waals surface area contributed by atoms with Crippen molar-refractivity contribution in [3.05, 3.63) is 0 Å². The van der Waals surface area contributed by atoms with Gasteiger partial charge in [0.1, 0.15) is 31.1 Å². The minimum Gasteiger partial charge on any atom is -0.480 e. The number of hydrogen-bond donors (Lipinski definition) is 6. The van der Waals surface area contributed by atoms with Gasteiger partial charge in [-0.15, -0.1) is 0 Å². The summed E-state index contributed by atoms with van der Waals surface area (Å²) in [5.41, 5.74) is 0. The molecular weight excluding hydrogens is 273 g/mol. The Bertz CT molecular complexity index is 357. The van der Waals surface area contributed by atoms with Gasteiger partial charge in [-0.3, -0.25) is 4.79 Å². The monoisotopic (exact) mass is 287 g/mol.